The maximum Gasteiger partial charge on any atom is 0.269 e. The first-order chi connectivity index (χ1) is 10.7. The van der Waals surface area contributed by atoms with E-state index in [4.69, 9.17) is 0 Å². The molecule has 0 unspecified atom stereocenters. The largest absolute Gasteiger partial charge is 0.292 e. The Labute approximate surface area is 124 Å². The lowest BCUT2D eigenvalue weighted by Gasteiger charge is -2.13. The Morgan fingerprint density at radius 1 is 1.18 bits per heavy atom. The second-order valence-electron chi connectivity index (χ2n) is 4.69. The monoisotopic (exact) mass is 300 g/mol. The van der Waals surface area contributed by atoms with Gasteiger partial charge in [0.05, 0.1) is 11.1 Å². The first kappa shape index (κ1) is 13.9. The highest BCUT2D eigenvalue weighted by Gasteiger charge is 2.34. The predicted octanol–water partition coefficient (Wildman–Crippen LogP) is 0.215. The minimum atomic E-state index is -0.320. The Bertz CT molecular complexity index is 692. The van der Waals surface area contributed by atoms with Crippen LogP contribution in [-0.2, 0) is 4.79 Å². The van der Waals surface area contributed by atoms with E-state index >= 15 is 0 Å². The fraction of sp³-hybridized carbons (Fsp3) is 0.231. The van der Waals surface area contributed by atoms with Crippen molar-refractivity contribution in [2.75, 3.05) is 11.9 Å². The first-order valence-electron chi connectivity index (χ1n) is 6.65. The van der Waals surface area contributed by atoms with Crippen molar-refractivity contribution in [1.29, 1.82) is 0 Å². The summed E-state index contributed by atoms with van der Waals surface area (Å²) in [4.78, 5) is 37.0. The molecule has 0 spiro atoms. The zero-order valence-corrected chi connectivity index (χ0v) is 11.4. The Kier molecular flexibility index (Phi) is 3.60. The van der Waals surface area contributed by atoms with E-state index in [1.165, 1.54) is 0 Å². The number of H-pyrrole nitrogens is 1. The minimum Gasteiger partial charge on any atom is -0.292 e. The van der Waals surface area contributed by atoms with Crippen LogP contribution in [0, 0.1) is 0 Å². The summed E-state index contributed by atoms with van der Waals surface area (Å²) in [7, 11) is 0. The molecule has 2 heterocycles. The second-order valence-corrected chi connectivity index (χ2v) is 4.69. The van der Waals surface area contributed by atoms with Crippen molar-refractivity contribution < 1.29 is 14.4 Å². The van der Waals surface area contributed by atoms with Gasteiger partial charge in [0.25, 0.3) is 17.8 Å². The number of tetrazole rings is 1. The molecule has 2 aromatic rings. The van der Waals surface area contributed by atoms with Crippen molar-refractivity contribution in [2.45, 2.75) is 12.8 Å². The van der Waals surface area contributed by atoms with Crippen LogP contribution in [-0.4, -0.2) is 49.8 Å². The summed E-state index contributed by atoms with van der Waals surface area (Å²) in [5, 5.41) is 15.2. The van der Waals surface area contributed by atoms with Gasteiger partial charge in [0.15, 0.2) is 0 Å². The molecule has 9 heteroatoms. The average molecular weight is 300 g/mol. The van der Waals surface area contributed by atoms with Crippen molar-refractivity contribution >= 4 is 23.7 Å². The van der Waals surface area contributed by atoms with Crippen LogP contribution in [0.5, 0.6) is 0 Å². The van der Waals surface area contributed by atoms with E-state index < -0.39 is 0 Å². The molecule has 0 aliphatic carbocycles. The number of carbonyl (C=O) groups is 3. The van der Waals surface area contributed by atoms with Crippen molar-refractivity contribution in [3.8, 4) is 0 Å². The van der Waals surface area contributed by atoms with Crippen LogP contribution >= 0.6 is 0 Å². The van der Waals surface area contributed by atoms with Gasteiger partial charge in [-0.2, -0.15) is 5.21 Å². The van der Waals surface area contributed by atoms with Gasteiger partial charge in [0.2, 0.25) is 5.91 Å². The lowest BCUT2D eigenvalue weighted by Crippen LogP contribution is -2.31. The van der Waals surface area contributed by atoms with E-state index in [1.54, 1.807) is 24.3 Å². The van der Waals surface area contributed by atoms with Gasteiger partial charge in [0.1, 0.15) is 0 Å². The first-order valence-corrected chi connectivity index (χ1v) is 6.65. The molecule has 9 nitrogen and oxygen atoms in total. The zero-order valence-electron chi connectivity index (χ0n) is 11.4. The van der Waals surface area contributed by atoms with Crippen LogP contribution in [0.1, 0.15) is 33.6 Å². The fourth-order valence-electron chi connectivity index (χ4n) is 2.24. The van der Waals surface area contributed by atoms with Gasteiger partial charge in [-0.1, -0.05) is 17.2 Å². The van der Waals surface area contributed by atoms with Crippen molar-refractivity contribution in [3.63, 3.8) is 0 Å². The summed E-state index contributed by atoms with van der Waals surface area (Å²) in [5.41, 5.74) is 0.812. The number of hydrogen-bond donors (Lipinski definition) is 2. The number of nitrogens with zero attached hydrogens (tertiary/aromatic N) is 4. The van der Waals surface area contributed by atoms with Crippen molar-refractivity contribution in [2.24, 2.45) is 0 Å². The molecule has 0 saturated heterocycles. The standard InChI is InChI=1S/C13H12N6O3/c20-10(14-13-15-17-18-16-13)6-3-7-19-11(21)8-4-1-2-5-9(8)12(19)22/h1-2,4-5H,3,6-7H2,(H2,14,15,16,17,18,20). The highest BCUT2D eigenvalue weighted by Crippen LogP contribution is 2.22. The molecule has 22 heavy (non-hydrogen) atoms. The molecule has 0 bridgehead atoms. The summed E-state index contributed by atoms with van der Waals surface area (Å²) < 4.78 is 0. The Morgan fingerprint density at radius 3 is 2.45 bits per heavy atom. The molecule has 0 atom stereocenters. The zero-order chi connectivity index (χ0) is 15.5. The van der Waals surface area contributed by atoms with Crippen LogP contribution in [0.3, 0.4) is 0 Å². The SMILES string of the molecule is O=C(CCCN1C(=O)c2ccccc2C1=O)Nc1nn[nH]n1. The molecule has 0 saturated carbocycles. The summed E-state index contributed by atoms with van der Waals surface area (Å²) in [6, 6.07) is 6.68. The number of amides is 3. The molecule has 1 aromatic heterocycles. The summed E-state index contributed by atoms with van der Waals surface area (Å²) in [6.07, 6.45) is 0.497. The quantitative estimate of drug-likeness (QED) is 0.762. The normalized spacial score (nSPS) is 13.4. The number of rotatable bonds is 5. The van der Waals surface area contributed by atoms with Gasteiger partial charge in [-0.15, -0.1) is 5.10 Å². The molecule has 0 fully saturated rings. The van der Waals surface area contributed by atoms with E-state index in [-0.39, 0.29) is 36.6 Å². The molecule has 1 aromatic carbocycles. The Balaban J connectivity index is 1.54. The number of aromatic amines is 1. The third-order valence-corrected chi connectivity index (χ3v) is 3.26. The van der Waals surface area contributed by atoms with E-state index in [9.17, 15) is 14.4 Å². The van der Waals surface area contributed by atoms with Crippen LogP contribution in [0.2, 0.25) is 0 Å². The smallest absolute Gasteiger partial charge is 0.269 e. The maximum absolute atomic E-state index is 12.1. The number of imide groups is 1. The highest BCUT2D eigenvalue weighted by atomic mass is 16.2. The van der Waals surface area contributed by atoms with E-state index in [2.05, 4.69) is 25.9 Å². The molecule has 3 rings (SSSR count). The molecule has 1 aliphatic heterocycles. The van der Waals surface area contributed by atoms with Crippen LogP contribution in [0.4, 0.5) is 5.95 Å². The van der Waals surface area contributed by atoms with Crippen LogP contribution in [0.25, 0.3) is 0 Å². The number of carbonyl (C=O) groups excluding carboxylic acids is 3. The van der Waals surface area contributed by atoms with Crippen molar-refractivity contribution in [3.05, 3.63) is 35.4 Å². The van der Waals surface area contributed by atoms with Gasteiger partial charge >= 0.3 is 0 Å². The number of aromatic nitrogens is 4. The summed E-state index contributed by atoms with van der Waals surface area (Å²) in [6.45, 7) is 0.187. The van der Waals surface area contributed by atoms with Crippen LogP contribution in [0.15, 0.2) is 24.3 Å². The number of benzene rings is 1. The van der Waals surface area contributed by atoms with Crippen LogP contribution < -0.4 is 5.32 Å². The van der Waals surface area contributed by atoms with E-state index in [0.29, 0.717) is 17.5 Å². The van der Waals surface area contributed by atoms with Gasteiger partial charge in [-0.25, -0.2) is 0 Å². The van der Waals surface area contributed by atoms with Gasteiger partial charge in [0, 0.05) is 13.0 Å². The third-order valence-electron chi connectivity index (χ3n) is 3.26. The molecule has 112 valence electrons. The summed E-state index contributed by atoms with van der Waals surface area (Å²) in [5.74, 6) is -0.859. The topological polar surface area (TPSA) is 121 Å². The maximum atomic E-state index is 12.1. The van der Waals surface area contributed by atoms with Crippen molar-refractivity contribution in [1.82, 2.24) is 25.5 Å². The molecule has 2 N–H and O–H groups in total. The van der Waals surface area contributed by atoms with Gasteiger partial charge in [-0.05, 0) is 23.8 Å². The molecular weight excluding hydrogens is 288 g/mol. The minimum absolute atomic E-state index is 0.0886. The van der Waals surface area contributed by atoms with Gasteiger partial charge < -0.3 is 0 Å². The number of anilines is 1. The Morgan fingerprint density at radius 2 is 1.86 bits per heavy atom. The highest BCUT2D eigenvalue weighted by molar-refractivity contribution is 6.21. The lowest BCUT2D eigenvalue weighted by atomic mass is 10.1. The molecule has 3 amide bonds. The predicted molar refractivity (Wildman–Crippen MR) is 73.9 cm³/mol. The summed E-state index contributed by atoms with van der Waals surface area (Å²) >= 11 is 0. The fourth-order valence-corrected chi connectivity index (χ4v) is 2.24. The Hall–Kier alpha value is -3.10. The van der Waals surface area contributed by atoms with E-state index in [1.807, 2.05) is 0 Å². The number of hydrogen-bond acceptors (Lipinski definition) is 6. The van der Waals surface area contributed by atoms with Gasteiger partial charge in [-0.3, -0.25) is 24.6 Å². The third kappa shape index (κ3) is 2.55. The van der Waals surface area contributed by atoms with E-state index in [0.717, 1.165) is 4.90 Å². The molecular formula is C13H12N6O3. The second kappa shape index (κ2) is 5.72. The number of nitrogens with one attached hydrogen (secondary N) is 2. The molecule has 0 radical (unpaired) electrons. The molecule has 1 aliphatic rings. The average Bonchev–Trinajstić information content (AvgIpc) is 3.10. The lowest BCUT2D eigenvalue weighted by molar-refractivity contribution is -0.116. The number of fused-ring (bicyclic) bond motifs is 1.